The number of hydrogen-bond acceptors (Lipinski definition) is 4. The maximum Gasteiger partial charge on any atom is 0.243 e. The van der Waals surface area contributed by atoms with E-state index >= 15 is 0 Å². The van der Waals surface area contributed by atoms with Crippen molar-refractivity contribution < 1.29 is 13.6 Å². The highest BCUT2D eigenvalue weighted by Crippen LogP contribution is 2.21. The number of fused-ring (bicyclic) bond motifs is 1. The highest BCUT2D eigenvalue weighted by atomic mass is 19.2. The lowest BCUT2D eigenvalue weighted by molar-refractivity contribution is -0.114. The Morgan fingerprint density at radius 3 is 2.71 bits per heavy atom. The van der Waals surface area contributed by atoms with E-state index in [0.717, 1.165) is 23.0 Å². The van der Waals surface area contributed by atoms with Crippen molar-refractivity contribution in [2.24, 2.45) is 0 Å². The quantitative estimate of drug-likeness (QED) is 0.800. The molecule has 2 aromatic carbocycles. The summed E-state index contributed by atoms with van der Waals surface area (Å²) < 4.78 is 26.1. The number of carbonyl (C=O) groups is 1. The summed E-state index contributed by atoms with van der Waals surface area (Å²) in [5.74, 6) is -1.73. The molecule has 0 aliphatic rings. The van der Waals surface area contributed by atoms with E-state index in [1.165, 1.54) is 12.4 Å². The third kappa shape index (κ3) is 3.29. The molecule has 24 heavy (non-hydrogen) atoms. The summed E-state index contributed by atoms with van der Waals surface area (Å²) in [6, 6.07) is 10.7. The number of likely N-dealkylation sites (N-methyl/N-ethyl adjacent to an activating group) is 1. The number of nitrogens with zero attached hydrogens (tertiary/aromatic N) is 3. The molecule has 122 valence electrons. The van der Waals surface area contributed by atoms with Gasteiger partial charge in [0.15, 0.2) is 11.6 Å². The molecular weight excluding hydrogens is 314 g/mol. The van der Waals surface area contributed by atoms with Gasteiger partial charge in [-0.15, -0.1) is 0 Å². The molecule has 3 rings (SSSR count). The predicted octanol–water partition coefficient (Wildman–Crippen LogP) is 2.98. The lowest BCUT2D eigenvalue weighted by atomic mass is 10.2. The van der Waals surface area contributed by atoms with Crippen molar-refractivity contribution in [3.63, 3.8) is 0 Å². The van der Waals surface area contributed by atoms with Crippen LogP contribution in [0, 0.1) is 11.6 Å². The topological polar surface area (TPSA) is 58.1 Å². The number of halogens is 2. The minimum atomic E-state index is -1.01. The number of para-hydroxylation sites is 1. The van der Waals surface area contributed by atoms with Gasteiger partial charge in [0.25, 0.3) is 0 Å². The van der Waals surface area contributed by atoms with Gasteiger partial charge in [0.2, 0.25) is 5.91 Å². The summed E-state index contributed by atoms with van der Waals surface area (Å²) in [5.41, 5.74) is 0.968. The molecule has 0 saturated carbocycles. The standard InChI is InChI=1S/C17H14F2N4O/c1-23(17-12-4-2-3-5-15(12)20-10-21-17)9-16(24)22-11-6-7-13(18)14(19)8-11/h2-8,10H,9H2,1H3,(H,22,24). The molecule has 0 fully saturated rings. The molecule has 0 aliphatic carbocycles. The first-order valence-corrected chi connectivity index (χ1v) is 7.20. The van der Waals surface area contributed by atoms with E-state index in [0.29, 0.717) is 5.82 Å². The normalized spacial score (nSPS) is 10.6. The molecule has 0 bridgehead atoms. The van der Waals surface area contributed by atoms with Crippen molar-refractivity contribution >= 4 is 28.3 Å². The number of rotatable bonds is 4. The number of amides is 1. The number of hydrogen-bond donors (Lipinski definition) is 1. The van der Waals surface area contributed by atoms with Crippen LogP contribution in [0.15, 0.2) is 48.8 Å². The summed E-state index contributed by atoms with van der Waals surface area (Å²) in [6.45, 7) is 0.00000307. The summed E-state index contributed by atoms with van der Waals surface area (Å²) in [4.78, 5) is 22.2. The van der Waals surface area contributed by atoms with Crippen molar-refractivity contribution in [1.82, 2.24) is 9.97 Å². The monoisotopic (exact) mass is 328 g/mol. The fourth-order valence-corrected chi connectivity index (χ4v) is 2.36. The predicted molar refractivity (Wildman–Crippen MR) is 87.8 cm³/mol. The second kappa shape index (κ2) is 6.57. The van der Waals surface area contributed by atoms with E-state index < -0.39 is 11.6 Å². The van der Waals surface area contributed by atoms with Gasteiger partial charge in [0.1, 0.15) is 12.1 Å². The summed E-state index contributed by atoms with van der Waals surface area (Å²) in [5, 5.41) is 3.35. The second-order valence-electron chi connectivity index (χ2n) is 5.25. The maximum absolute atomic E-state index is 13.2. The van der Waals surface area contributed by atoms with Crippen LogP contribution in [0.5, 0.6) is 0 Å². The Hall–Kier alpha value is -3.09. The van der Waals surface area contributed by atoms with E-state index in [1.54, 1.807) is 11.9 Å². The van der Waals surface area contributed by atoms with Crippen LogP contribution in [0.25, 0.3) is 10.9 Å². The molecule has 0 aliphatic heterocycles. The molecule has 1 heterocycles. The molecule has 0 radical (unpaired) electrons. The molecule has 1 aromatic heterocycles. The second-order valence-corrected chi connectivity index (χ2v) is 5.25. The first-order valence-electron chi connectivity index (χ1n) is 7.20. The summed E-state index contributed by atoms with van der Waals surface area (Å²) in [6.07, 6.45) is 1.43. The molecule has 0 saturated heterocycles. The largest absolute Gasteiger partial charge is 0.350 e. The number of aromatic nitrogens is 2. The minimum Gasteiger partial charge on any atom is -0.350 e. The van der Waals surface area contributed by atoms with Crippen LogP contribution in [0.3, 0.4) is 0 Å². The molecule has 1 N–H and O–H groups in total. The highest BCUT2D eigenvalue weighted by Gasteiger charge is 2.13. The van der Waals surface area contributed by atoms with Crippen LogP contribution in [0.1, 0.15) is 0 Å². The van der Waals surface area contributed by atoms with Crippen LogP contribution < -0.4 is 10.2 Å². The maximum atomic E-state index is 13.2. The number of carbonyl (C=O) groups excluding carboxylic acids is 1. The van der Waals surface area contributed by atoms with Crippen LogP contribution in [0.4, 0.5) is 20.3 Å². The lowest BCUT2D eigenvalue weighted by Gasteiger charge is -2.19. The van der Waals surface area contributed by atoms with Crippen LogP contribution in [-0.2, 0) is 4.79 Å². The Morgan fingerprint density at radius 1 is 1.12 bits per heavy atom. The molecule has 7 heteroatoms. The van der Waals surface area contributed by atoms with Gasteiger partial charge in [-0.2, -0.15) is 0 Å². The van der Waals surface area contributed by atoms with Gasteiger partial charge >= 0.3 is 0 Å². The highest BCUT2D eigenvalue weighted by molar-refractivity contribution is 5.96. The minimum absolute atomic E-state index is 0.00000307. The fourth-order valence-electron chi connectivity index (χ4n) is 2.36. The summed E-state index contributed by atoms with van der Waals surface area (Å²) >= 11 is 0. The number of anilines is 2. The Morgan fingerprint density at radius 2 is 1.92 bits per heavy atom. The van der Waals surface area contributed by atoms with Crippen molar-refractivity contribution in [2.45, 2.75) is 0 Å². The van der Waals surface area contributed by atoms with Gasteiger partial charge in [-0.05, 0) is 24.3 Å². The molecule has 5 nitrogen and oxygen atoms in total. The molecule has 0 unspecified atom stereocenters. The van der Waals surface area contributed by atoms with Gasteiger partial charge in [0.05, 0.1) is 12.1 Å². The number of benzene rings is 2. The average Bonchev–Trinajstić information content (AvgIpc) is 2.57. The van der Waals surface area contributed by atoms with Gasteiger partial charge in [-0.3, -0.25) is 4.79 Å². The van der Waals surface area contributed by atoms with Crippen molar-refractivity contribution in [3.8, 4) is 0 Å². The first-order chi connectivity index (χ1) is 11.5. The van der Waals surface area contributed by atoms with Gasteiger partial charge < -0.3 is 10.2 Å². The molecule has 0 spiro atoms. The Labute approximate surface area is 137 Å². The smallest absolute Gasteiger partial charge is 0.243 e. The molecular formula is C17H14F2N4O. The first kappa shape index (κ1) is 15.8. The van der Waals surface area contributed by atoms with Crippen LogP contribution in [-0.4, -0.2) is 29.5 Å². The zero-order valence-corrected chi connectivity index (χ0v) is 12.8. The zero-order chi connectivity index (χ0) is 17.1. The molecule has 3 aromatic rings. The van der Waals surface area contributed by atoms with Gasteiger partial charge in [-0.25, -0.2) is 18.7 Å². The third-order valence-corrected chi connectivity index (χ3v) is 3.47. The lowest BCUT2D eigenvalue weighted by Crippen LogP contribution is -2.30. The van der Waals surface area contributed by atoms with Crippen molar-refractivity contribution in [3.05, 3.63) is 60.4 Å². The van der Waals surface area contributed by atoms with Crippen molar-refractivity contribution in [2.75, 3.05) is 23.8 Å². The Kier molecular flexibility index (Phi) is 4.33. The Bertz CT molecular complexity index is 895. The van der Waals surface area contributed by atoms with E-state index in [2.05, 4.69) is 15.3 Å². The SMILES string of the molecule is CN(CC(=O)Nc1ccc(F)c(F)c1)c1ncnc2ccccc12. The van der Waals surface area contributed by atoms with Crippen molar-refractivity contribution in [1.29, 1.82) is 0 Å². The van der Waals surface area contributed by atoms with Crippen LogP contribution >= 0.6 is 0 Å². The fraction of sp³-hybridized carbons (Fsp3) is 0.118. The van der Waals surface area contributed by atoms with Crippen LogP contribution in [0.2, 0.25) is 0 Å². The summed E-state index contributed by atoms with van der Waals surface area (Å²) in [7, 11) is 1.72. The van der Waals surface area contributed by atoms with Gasteiger partial charge in [-0.1, -0.05) is 12.1 Å². The van der Waals surface area contributed by atoms with E-state index in [-0.39, 0.29) is 18.1 Å². The van der Waals surface area contributed by atoms with E-state index in [4.69, 9.17) is 0 Å². The average molecular weight is 328 g/mol. The van der Waals surface area contributed by atoms with Gasteiger partial charge in [0, 0.05) is 24.2 Å². The zero-order valence-electron chi connectivity index (χ0n) is 12.8. The van der Waals surface area contributed by atoms with E-state index in [9.17, 15) is 13.6 Å². The molecule has 0 atom stereocenters. The Balaban J connectivity index is 1.74. The van der Waals surface area contributed by atoms with E-state index in [1.807, 2.05) is 24.3 Å². The third-order valence-electron chi connectivity index (χ3n) is 3.47. The number of nitrogens with one attached hydrogen (secondary N) is 1. The molecule has 1 amide bonds.